The molecule has 0 aromatic heterocycles. The smallest absolute Gasteiger partial charge is 0.399 e. The van der Waals surface area contributed by atoms with E-state index in [1.807, 2.05) is 0 Å². The second-order valence-electron chi connectivity index (χ2n) is 7.73. The maximum atomic E-state index is 6.18. The van der Waals surface area contributed by atoms with Crippen molar-refractivity contribution in [3.63, 3.8) is 0 Å². The van der Waals surface area contributed by atoms with Crippen molar-refractivity contribution in [1.29, 1.82) is 0 Å². The molecule has 1 aromatic rings. The molecule has 0 bridgehead atoms. The first kappa shape index (κ1) is 16.0. The standard InChI is InChI=1S/C18H28BNO2/c1-13-12-15(14-8-10-20-11-9-14)6-7-16(13)19-21-17(2,3)18(4,5)22-19/h6-7,12,14,20H,8-11H2,1-5H3. The molecule has 2 saturated heterocycles. The van der Waals surface area contributed by atoms with Crippen LogP contribution in [0.4, 0.5) is 0 Å². The maximum absolute atomic E-state index is 6.18. The topological polar surface area (TPSA) is 30.5 Å². The summed E-state index contributed by atoms with van der Waals surface area (Å²) in [4.78, 5) is 0. The molecular formula is C18H28BNO2. The van der Waals surface area contributed by atoms with Gasteiger partial charge in [-0.25, -0.2) is 0 Å². The fraction of sp³-hybridized carbons (Fsp3) is 0.667. The normalized spacial score (nSPS) is 24.7. The number of aryl methyl sites for hydroxylation is 1. The lowest BCUT2D eigenvalue weighted by Gasteiger charge is -2.32. The van der Waals surface area contributed by atoms with Crippen LogP contribution >= 0.6 is 0 Å². The highest BCUT2D eigenvalue weighted by atomic mass is 16.7. The monoisotopic (exact) mass is 301 g/mol. The highest BCUT2D eigenvalue weighted by molar-refractivity contribution is 6.62. The molecule has 1 aromatic carbocycles. The molecule has 0 aliphatic carbocycles. The van der Waals surface area contributed by atoms with Gasteiger partial charge in [-0.05, 0) is 77.5 Å². The molecule has 4 heteroatoms. The van der Waals surface area contributed by atoms with Crippen molar-refractivity contribution >= 4 is 12.6 Å². The molecule has 0 saturated carbocycles. The summed E-state index contributed by atoms with van der Waals surface area (Å²) in [7, 11) is -0.257. The van der Waals surface area contributed by atoms with Crippen LogP contribution in [0, 0.1) is 6.92 Å². The molecule has 0 atom stereocenters. The van der Waals surface area contributed by atoms with E-state index in [0.29, 0.717) is 5.92 Å². The molecule has 3 rings (SSSR count). The van der Waals surface area contributed by atoms with E-state index in [9.17, 15) is 0 Å². The maximum Gasteiger partial charge on any atom is 0.495 e. The highest BCUT2D eigenvalue weighted by Crippen LogP contribution is 2.37. The Morgan fingerprint density at radius 1 is 1.05 bits per heavy atom. The Labute approximate surface area is 134 Å². The first-order valence-corrected chi connectivity index (χ1v) is 8.47. The minimum absolute atomic E-state index is 0.257. The van der Waals surface area contributed by atoms with Gasteiger partial charge in [-0.2, -0.15) is 0 Å². The molecule has 2 aliphatic rings. The van der Waals surface area contributed by atoms with Crippen LogP contribution in [0.1, 0.15) is 57.6 Å². The van der Waals surface area contributed by atoms with Gasteiger partial charge in [-0.15, -0.1) is 0 Å². The van der Waals surface area contributed by atoms with Crippen molar-refractivity contribution in [2.75, 3.05) is 13.1 Å². The average Bonchev–Trinajstić information content (AvgIpc) is 2.68. The Bertz CT molecular complexity index is 534. The van der Waals surface area contributed by atoms with Crippen LogP contribution in [-0.2, 0) is 9.31 Å². The third kappa shape index (κ3) is 2.84. The number of nitrogens with one attached hydrogen (secondary N) is 1. The van der Waals surface area contributed by atoms with Gasteiger partial charge in [-0.1, -0.05) is 23.8 Å². The van der Waals surface area contributed by atoms with E-state index in [0.717, 1.165) is 18.6 Å². The summed E-state index contributed by atoms with van der Waals surface area (Å²) in [6.45, 7) is 12.8. The van der Waals surface area contributed by atoms with E-state index in [1.54, 1.807) is 0 Å². The van der Waals surface area contributed by atoms with Gasteiger partial charge in [0.05, 0.1) is 11.2 Å². The summed E-state index contributed by atoms with van der Waals surface area (Å²) in [6, 6.07) is 6.80. The largest absolute Gasteiger partial charge is 0.495 e. The number of rotatable bonds is 2. The second kappa shape index (κ2) is 5.66. The van der Waals surface area contributed by atoms with Crippen molar-refractivity contribution in [2.45, 2.75) is 64.6 Å². The number of hydrogen-bond acceptors (Lipinski definition) is 3. The lowest BCUT2D eigenvalue weighted by molar-refractivity contribution is 0.00578. The van der Waals surface area contributed by atoms with Gasteiger partial charge in [0.25, 0.3) is 0 Å². The molecule has 0 radical (unpaired) electrons. The van der Waals surface area contributed by atoms with Gasteiger partial charge >= 0.3 is 7.12 Å². The Kier molecular flexibility index (Phi) is 4.13. The SMILES string of the molecule is Cc1cc(C2CCNCC2)ccc1B1OC(C)(C)C(C)(C)O1. The lowest BCUT2D eigenvalue weighted by atomic mass is 9.74. The fourth-order valence-corrected chi connectivity index (χ4v) is 3.34. The van der Waals surface area contributed by atoms with Crippen LogP contribution in [-0.4, -0.2) is 31.4 Å². The Morgan fingerprint density at radius 3 is 2.18 bits per heavy atom. The molecule has 0 unspecified atom stereocenters. The van der Waals surface area contributed by atoms with Crippen LogP contribution < -0.4 is 10.8 Å². The molecular weight excluding hydrogens is 273 g/mol. The van der Waals surface area contributed by atoms with Gasteiger partial charge < -0.3 is 14.6 Å². The van der Waals surface area contributed by atoms with E-state index >= 15 is 0 Å². The third-order valence-corrected chi connectivity index (χ3v) is 5.61. The van der Waals surface area contributed by atoms with Crippen molar-refractivity contribution in [3.05, 3.63) is 29.3 Å². The molecule has 120 valence electrons. The zero-order valence-corrected chi connectivity index (χ0v) is 14.5. The summed E-state index contributed by atoms with van der Waals surface area (Å²) < 4.78 is 12.4. The average molecular weight is 301 g/mol. The summed E-state index contributed by atoms with van der Waals surface area (Å²) in [6.07, 6.45) is 2.46. The molecule has 1 N–H and O–H groups in total. The zero-order valence-electron chi connectivity index (χ0n) is 14.5. The minimum atomic E-state index is -0.280. The molecule has 22 heavy (non-hydrogen) atoms. The first-order chi connectivity index (χ1) is 10.3. The van der Waals surface area contributed by atoms with Crippen molar-refractivity contribution < 1.29 is 9.31 Å². The molecule has 0 amide bonds. The Balaban J connectivity index is 1.81. The summed E-state index contributed by atoms with van der Waals surface area (Å²) in [5, 5.41) is 3.43. The highest BCUT2D eigenvalue weighted by Gasteiger charge is 2.52. The van der Waals surface area contributed by atoms with Gasteiger partial charge in [0.2, 0.25) is 0 Å². The molecule has 0 spiro atoms. The quantitative estimate of drug-likeness (QED) is 0.852. The Morgan fingerprint density at radius 2 is 1.64 bits per heavy atom. The van der Waals surface area contributed by atoms with E-state index in [2.05, 4.69) is 58.1 Å². The van der Waals surface area contributed by atoms with E-state index < -0.39 is 0 Å². The summed E-state index contributed by atoms with van der Waals surface area (Å²) in [5.74, 6) is 0.687. The molecule has 3 nitrogen and oxygen atoms in total. The lowest BCUT2D eigenvalue weighted by Crippen LogP contribution is -2.41. The number of piperidine rings is 1. The van der Waals surface area contributed by atoms with Crippen molar-refractivity contribution in [2.24, 2.45) is 0 Å². The number of benzene rings is 1. The summed E-state index contributed by atoms with van der Waals surface area (Å²) >= 11 is 0. The van der Waals surface area contributed by atoms with Crippen LogP contribution in [0.2, 0.25) is 0 Å². The third-order valence-electron chi connectivity index (χ3n) is 5.61. The zero-order chi connectivity index (χ0) is 16.0. The summed E-state index contributed by atoms with van der Waals surface area (Å²) in [5.41, 5.74) is 3.33. The van der Waals surface area contributed by atoms with Crippen LogP contribution in [0.15, 0.2) is 18.2 Å². The Hall–Kier alpha value is -0.835. The van der Waals surface area contributed by atoms with Gasteiger partial charge in [0.15, 0.2) is 0 Å². The second-order valence-corrected chi connectivity index (χ2v) is 7.73. The molecule has 2 aliphatic heterocycles. The van der Waals surface area contributed by atoms with Gasteiger partial charge in [0.1, 0.15) is 0 Å². The van der Waals surface area contributed by atoms with Gasteiger partial charge in [0, 0.05) is 0 Å². The van der Waals surface area contributed by atoms with Gasteiger partial charge in [-0.3, -0.25) is 0 Å². The predicted molar refractivity (Wildman–Crippen MR) is 91.7 cm³/mol. The fourth-order valence-electron chi connectivity index (χ4n) is 3.34. The van der Waals surface area contributed by atoms with Crippen LogP contribution in [0.25, 0.3) is 0 Å². The van der Waals surface area contributed by atoms with E-state index in [4.69, 9.17) is 9.31 Å². The van der Waals surface area contributed by atoms with Crippen LogP contribution in [0.5, 0.6) is 0 Å². The van der Waals surface area contributed by atoms with Crippen LogP contribution in [0.3, 0.4) is 0 Å². The predicted octanol–water partition coefficient (Wildman–Crippen LogP) is 2.76. The molecule has 2 fully saturated rings. The van der Waals surface area contributed by atoms with Crippen molar-refractivity contribution in [3.8, 4) is 0 Å². The van der Waals surface area contributed by atoms with Crippen molar-refractivity contribution in [1.82, 2.24) is 5.32 Å². The van der Waals surface area contributed by atoms with E-state index in [1.165, 1.54) is 24.0 Å². The number of hydrogen-bond donors (Lipinski definition) is 1. The molecule has 2 heterocycles. The van der Waals surface area contributed by atoms with E-state index in [-0.39, 0.29) is 18.3 Å². The first-order valence-electron chi connectivity index (χ1n) is 8.47. The minimum Gasteiger partial charge on any atom is -0.399 e.